The van der Waals surface area contributed by atoms with Crippen molar-refractivity contribution in [1.29, 1.82) is 0 Å². The molecule has 0 aliphatic heterocycles. The fraction of sp³-hybridized carbons (Fsp3) is 0.0714. The normalized spacial score (nSPS) is 10.1. The molecule has 2 aromatic rings. The van der Waals surface area contributed by atoms with Crippen molar-refractivity contribution in [3.63, 3.8) is 0 Å². The predicted octanol–water partition coefficient (Wildman–Crippen LogP) is 2.00. The van der Waals surface area contributed by atoms with Gasteiger partial charge < -0.3 is 16.2 Å². The van der Waals surface area contributed by atoms with Crippen molar-refractivity contribution in [2.75, 3.05) is 12.3 Å². The number of ketones is 1. The van der Waals surface area contributed by atoms with Gasteiger partial charge in [-0.25, -0.2) is 0 Å². The van der Waals surface area contributed by atoms with Gasteiger partial charge in [0.05, 0.1) is 12.2 Å². The Morgan fingerprint density at radius 3 is 2.56 bits per heavy atom. The average Bonchev–Trinajstić information content (AvgIpc) is 2.41. The Morgan fingerprint density at radius 1 is 1.22 bits per heavy atom. The summed E-state index contributed by atoms with van der Waals surface area (Å²) in [5.41, 5.74) is 12.0. The summed E-state index contributed by atoms with van der Waals surface area (Å²) in [7, 11) is 0. The molecule has 0 saturated heterocycles. The third-order valence-corrected chi connectivity index (χ3v) is 2.44. The summed E-state index contributed by atoms with van der Waals surface area (Å²) in [6, 6.07) is 14.9. The Balaban J connectivity index is 2.16. The van der Waals surface area contributed by atoms with Crippen LogP contribution in [-0.4, -0.2) is 12.3 Å². The minimum Gasteiger partial charge on any atom is -0.455 e. The molecule has 18 heavy (non-hydrogen) atoms. The molecule has 0 spiro atoms. The standard InChI is InChI=1S/C14H13N2O2/c15-9-13(17)10-5-7-11(8-6-10)18-14-4-2-1-3-12(14)16/h1-2,4-8H,9,15-16H2. The zero-order chi connectivity index (χ0) is 13.0. The lowest BCUT2D eigenvalue weighted by atomic mass is 10.1. The third-order valence-electron chi connectivity index (χ3n) is 2.44. The van der Waals surface area contributed by atoms with Crippen LogP contribution in [0.15, 0.2) is 42.5 Å². The Hall–Kier alpha value is -2.33. The van der Waals surface area contributed by atoms with Gasteiger partial charge in [-0.15, -0.1) is 0 Å². The number of para-hydroxylation sites is 1. The van der Waals surface area contributed by atoms with Crippen LogP contribution in [0.4, 0.5) is 5.69 Å². The Bertz CT molecular complexity index is 550. The van der Waals surface area contributed by atoms with Gasteiger partial charge in [-0.2, -0.15) is 0 Å². The first kappa shape index (κ1) is 12.1. The van der Waals surface area contributed by atoms with Gasteiger partial charge in [0, 0.05) is 11.6 Å². The van der Waals surface area contributed by atoms with Crippen molar-refractivity contribution in [2.24, 2.45) is 5.73 Å². The van der Waals surface area contributed by atoms with E-state index in [-0.39, 0.29) is 12.3 Å². The Morgan fingerprint density at radius 2 is 1.94 bits per heavy atom. The second-order valence-corrected chi connectivity index (χ2v) is 3.70. The van der Waals surface area contributed by atoms with Gasteiger partial charge >= 0.3 is 0 Å². The van der Waals surface area contributed by atoms with E-state index >= 15 is 0 Å². The van der Waals surface area contributed by atoms with Crippen molar-refractivity contribution in [2.45, 2.75) is 0 Å². The maximum Gasteiger partial charge on any atom is 0.176 e. The zero-order valence-corrected chi connectivity index (χ0v) is 9.72. The van der Waals surface area contributed by atoms with Crippen molar-refractivity contribution in [1.82, 2.24) is 0 Å². The molecular formula is C14H13N2O2. The minimum atomic E-state index is -0.103. The van der Waals surface area contributed by atoms with Crippen LogP contribution in [0.3, 0.4) is 0 Å². The first-order valence-corrected chi connectivity index (χ1v) is 5.48. The van der Waals surface area contributed by atoms with E-state index in [1.54, 1.807) is 42.5 Å². The molecule has 2 aromatic carbocycles. The molecule has 0 fully saturated rings. The van der Waals surface area contributed by atoms with Gasteiger partial charge in [0.15, 0.2) is 11.5 Å². The minimum absolute atomic E-state index is 0.000791. The maximum atomic E-state index is 11.3. The summed E-state index contributed by atoms with van der Waals surface area (Å²) in [5, 5.41) is 0. The molecule has 0 atom stereocenters. The van der Waals surface area contributed by atoms with Crippen molar-refractivity contribution in [3.8, 4) is 11.5 Å². The largest absolute Gasteiger partial charge is 0.455 e. The molecule has 0 aliphatic carbocycles. The quantitative estimate of drug-likeness (QED) is 0.634. The number of ether oxygens (including phenoxy) is 1. The monoisotopic (exact) mass is 241 g/mol. The highest BCUT2D eigenvalue weighted by molar-refractivity contribution is 5.97. The van der Waals surface area contributed by atoms with Gasteiger partial charge in [-0.3, -0.25) is 4.79 Å². The number of nitrogen functional groups attached to an aromatic ring is 1. The molecule has 1 radical (unpaired) electrons. The van der Waals surface area contributed by atoms with Crippen LogP contribution < -0.4 is 16.2 Å². The summed E-state index contributed by atoms with van der Waals surface area (Å²) in [6.45, 7) is 0.000791. The molecule has 0 aromatic heterocycles. The fourth-order valence-electron chi connectivity index (χ4n) is 1.48. The summed E-state index contributed by atoms with van der Waals surface area (Å²) in [4.78, 5) is 11.3. The van der Waals surface area contributed by atoms with E-state index in [1.807, 2.05) is 0 Å². The molecule has 0 aliphatic rings. The fourth-order valence-corrected chi connectivity index (χ4v) is 1.48. The number of Topliss-reactive ketones (excluding diaryl/α,β-unsaturated/α-hetero) is 1. The zero-order valence-electron chi connectivity index (χ0n) is 9.72. The molecule has 2 rings (SSSR count). The number of benzene rings is 2. The molecule has 0 saturated carbocycles. The van der Waals surface area contributed by atoms with Crippen LogP contribution in [0.5, 0.6) is 11.5 Å². The Kier molecular flexibility index (Phi) is 3.60. The lowest BCUT2D eigenvalue weighted by Crippen LogP contribution is -2.13. The third kappa shape index (κ3) is 2.67. The van der Waals surface area contributed by atoms with E-state index in [1.165, 1.54) is 0 Å². The molecule has 4 nitrogen and oxygen atoms in total. The average molecular weight is 241 g/mol. The van der Waals surface area contributed by atoms with Crippen molar-refractivity contribution in [3.05, 3.63) is 54.1 Å². The lowest BCUT2D eigenvalue weighted by Gasteiger charge is -2.08. The summed E-state index contributed by atoms with van der Waals surface area (Å²) in [6.07, 6.45) is 0. The maximum absolute atomic E-state index is 11.3. The van der Waals surface area contributed by atoms with Gasteiger partial charge in [-0.05, 0) is 30.3 Å². The van der Waals surface area contributed by atoms with E-state index in [0.29, 0.717) is 22.7 Å². The number of hydrogen-bond donors (Lipinski definition) is 2. The number of rotatable bonds is 4. The van der Waals surface area contributed by atoms with Crippen LogP contribution in [-0.2, 0) is 0 Å². The number of nitrogens with two attached hydrogens (primary N) is 2. The van der Waals surface area contributed by atoms with Crippen LogP contribution in [0.2, 0.25) is 0 Å². The van der Waals surface area contributed by atoms with E-state index in [4.69, 9.17) is 16.2 Å². The van der Waals surface area contributed by atoms with Crippen molar-refractivity contribution < 1.29 is 9.53 Å². The first-order chi connectivity index (χ1) is 8.70. The molecular weight excluding hydrogens is 228 g/mol. The topological polar surface area (TPSA) is 78.3 Å². The van der Waals surface area contributed by atoms with Crippen LogP contribution in [0.1, 0.15) is 10.4 Å². The first-order valence-electron chi connectivity index (χ1n) is 5.48. The number of anilines is 1. The molecule has 0 amide bonds. The second-order valence-electron chi connectivity index (χ2n) is 3.70. The summed E-state index contributed by atoms with van der Waals surface area (Å²) in [5.74, 6) is 1.04. The van der Waals surface area contributed by atoms with E-state index in [2.05, 4.69) is 6.07 Å². The predicted molar refractivity (Wildman–Crippen MR) is 69.6 cm³/mol. The van der Waals surface area contributed by atoms with Gasteiger partial charge in [0.1, 0.15) is 5.75 Å². The summed E-state index contributed by atoms with van der Waals surface area (Å²) >= 11 is 0. The highest BCUT2D eigenvalue weighted by atomic mass is 16.5. The van der Waals surface area contributed by atoms with Crippen LogP contribution in [0.25, 0.3) is 0 Å². The smallest absolute Gasteiger partial charge is 0.176 e. The molecule has 91 valence electrons. The SMILES string of the molecule is NCC(=O)c1ccc(Oc2ccc[c]c2N)cc1. The molecule has 4 heteroatoms. The van der Waals surface area contributed by atoms with Crippen molar-refractivity contribution >= 4 is 11.5 Å². The molecule has 4 N–H and O–H groups in total. The summed E-state index contributed by atoms with van der Waals surface area (Å²) < 4.78 is 5.58. The van der Waals surface area contributed by atoms with E-state index in [9.17, 15) is 4.79 Å². The second kappa shape index (κ2) is 5.33. The van der Waals surface area contributed by atoms with Gasteiger partial charge in [-0.1, -0.05) is 12.1 Å². The number of carbonyl (C=O) groups is 1. The molecule has 0 heterocycles. The number of hydrogen-bond acceptors (Lipinski definition) is 4. The van der Waals surface area contributed by atoms with E-state index in [0.717, 1.165) is 0 Å². The van der Waals surface area contributed by atoms with Crippen LogP contribution in [0, 0.1) is 6.07 Å². The van der Waals surface area contributed by atoms with Gasteiger partial charge in [0.25, 0.3) is 0 Å². The van der Waals surface area contributed by atoms with Crippen LogP contribution >= 0.6 is 0 Å². The number of carbonyl (C=O) groups excluding carboxylic acids is 1. The molecule has 0 unspecified atom stereocenters. The lowest BCUT2D eigenvalue weighted by molar-refractivity contribution is 0.100. The molecule has 0 bridgehead atoms. The van der Waals surface area contributed by atoms with E-state index < -0.39 is 0 Å². The Labute approximate surface area is 105 Å². The van der Waals surface area contributed by atoms with Gasteiger partial charge in [0.2, 0.25) is 0 Å². The highest BCUT2D eigenvalue weighted by Gasteiger charge is 2.04. The highest BCUT2D eigenvalue weighted by Crippen LogP contribution is 2.26.